The molecule has 0 atom stereocenters. The van der Waals surface area contributed by atoms with Gasteiger partial charge in [0.1, 0.15) is 0 Å². The van der Waals surface area contributed by atoms with E-state index < -0.39 is 0 Å². The van der Waals surface area contributed by atoms with Crippen molar-refractivity contribution in [2.75, 3.05) is 0 Å². The second-order valence-corrected chi connectivity index (χ2v) is 2.37. The Morgan fingerprint density at radius 3 is 2.67 bits per heavy atom. The van der Waals surface area contributed by atoms with Crippen LogP contribution in [0.5, 0.6) is 0 Å². The zero-order valence-corrected chi connectivity index (χ0v) is 6.21. The van der Waals surface area contributed by atoms with E-state index in [0.717, 1.165) is 5.56 Å². The van der Waals surface area contributed by atoms with Gasteiger partial charge in [-0.1, -0.05) is 17.7 Å². The Hall–Kier alpha value is -0.200. The van der Waals surface area contributed by atoms with E-state index in [1.807, 2.05) is 6.07 Å². The van der Waals surface area contributed by atoms with Crippen molar-refractivity contribution in [3.63, 3.8) is 0 Å². The zero-order chi connectivity index (χ0) is 6.69. The molecule has 0 aliphatic rings. The SMILES string of the molecule is ClCc1[c]cc(Cl)cc1. The molecule has 1 rings (SSSR count). The molecule has 2 heteroatoms. The van der Waals surface area contributed by atoms with Gasteiger partial charge >= 0.3 is 0 Å². The lowest BCUT2D eigenvalue weighted by atomic mass is 10.2. The van der Waals surface area contributed by atoms with Crippen LogP contribution in [0.2, 0.25) is 5.02 Å². The number of halogens is 2. The van der Waals surface area contributed by atoms with Crippen LogP contribution in [0.1, 0.15) is 5.56 Å². The fourth-order valence-corrected chi connectivity index (χ4v) is 0.805. The van der Waals surface area contributed by atoms with Crippen LogP contribution in [0.15, 0.2) is 18.2 Å². The Morgan fingerprint density at radius 2 is 2.22 bits per heavy atom. The summed E-state index contributed by atoms with van der Waals surface area (Å²) < 4.78 is 0. The van der Waals surface area contributed by atoms with E-state index in [1.165, 1.54) is 0 Å². The highest BCUT2D eigenvalue weighted by molar-refractivity contribution is 6.30. The summed E-state index contributed by atoms with van der Waals surface area (Å²) in [6, 6.07) is 8.29. The van der Waals surface area contributed by atoms with E-state index in [4.69, 9.17) is 23.2 Å². The third-order valence-electron chi connectivity index (χ3n) is 0.983. The maximum Gasteiger partial charge on any atom is 0.0480 e. The lowest BCUT2D eigenvalue weighted by Gasteiger charge is -1.91. The van der Waals surface area contributed by atoms with Crippen LogP contribution < -0.4 is 0 Å². The van der Waals surface area contributed by atoms with Gasteiger partial charge < -0.3 is 0 Å². The van der Waals surface area contributed by atoms with Crippen molar-refractivity contribution < 1.29 is 0 Å². The van der Waals surface area contributed by atoms with Crippen molar-refractivity contribution in [2.45, 2.75) is 5.88 Å². The van der Waals surface area contributed by atoms with Crippen molar-refractivity contribution in [1.29, 1.82) is 0 Å². The summed E-state index contributed by atoms with van der Waals surface area (Å²) in [5, 5.41) is 0.698. The Labute approximate surface area is 64.4 Å². The molecule has 0 fully saturated rings. The number of hydrogen-bond acceptors (Lipinski definition) is 0. The molecule has 0 unspecified atom stereocenters. The average Bonchev–Trinajstić information content (AvgIpc) is 1.90. The molecule has 0 bridgehead atoms. The van der Waals surface area contributed by atoms with Crippen LogP contribution in [0, 0.1) is 6.07 Å². The highest BCUT2D eigenvalue weighted by atomic mass is 35.5. The molecule has 0 aliphatic carbocycles. The summed E-state index contributed by atoms with van der Waals surface area (Å²) in [6.45, 7) is 0. The van der Waals surface area contributed by atoms with Gasteiger partial charge in [0.25, 0.3) is 0 Å². The molecular weight excluding hydrogens is 155 g/mol. The Kier molecular flexibility index (Phi) is 2.38. The van der Waals surface area contributed by atoms with Crippen LogP contribution in [0.3, 0.4) is 0 Å². The van der Waals surface area contributed by atoms with Crippen LogP contribution in [-0.2, 0) is 5.88 Å². The van der Waals surface area contributed by atoms with Crippen molar-refractivity contribution in [3.05, 3.63) is 34.9 Å². The van der Waals surface area contributed by atoms with Crippen molar-refractivity contribution >= 4 is 23.2 Å². The second-order valence-electron chi connectivity index (χ2n) is 1.67. The van der Waals surface area contributed by atoms with Gasteiger partial charge in [-0.05, 0) is 23.8 Å². The standard InChI is InChI=1S/C7H5Cl2/c8-5-6-1-3-7(9)4-2-6/h1,3-4H,5H2. The van der Waals surface area contributed by atoms with Gasteiger partial charge in [0, 0.05) is 10.9 Å². The van der Waals surface area contributed by atoms with Crippen LogP contribution in [0.4, 0.5) is 0 Å². The van der Waals surface area contributed by atoms with Gasteiger partial charge in [0.05, 0.1) is 0 Å². The lowest BCUT2D eigenvalue weighted by molar-refractivity contribution is 1.39. The van der Waals surface area contributed by atoms with Crippen LogP contribution in [0.25, 0.3) is 0 Å². The summed E-state index contributed by atoms with van der Waals surface area (Å²) in [5.41, 5.74) is 0.973. The van der Waals surface area contributed by atoms with Gasteiger partial charge in [-0.3, -0.25) is 0 Å². The van der Waals surface area contributed by atoms with Gasteiger partial charge in [0.2, 0.25) is 0 Å². The normalized spacial score (nSPS) is 9.56. The second kappa shape index (κ2) is 3.09. The minimum atomic E-state index is 0.497. The molecule has 1 aromatic carbocycles. The molecule has 47 valence electrons. The third-order valence-corrected chi connectivity index (χ3v) is 1.51. The average molecular weight is 160 g/mol. The minimum Gasteiger partial charge on any atom is -0.122 e. The van der Waals surface area contributed by atoms with Gasteiger partial charge in [-0.2, -0.15) is 0 Å². The summed E-state index contributed by atoms with van der Waals surface area (Å²) in [7, 11) is 0. The van der Waals surface area contributed by atoms with E-state index in [1.54, 1.807) is 12.1 Å². The number of hydrogen-bond donors (Lipinski definition) is 0. The van der Waals surface area contributed by atoms with E-state index in [9.17, 15) is 0 Å². The summed E-state index contributed by atoms with van der Waals surface area (Å²) in [4.78, 5) is 0. The molecule has 0 N–H and O–H groups in total. The van der Waals surface area contributed by atoms with Gasteiger partial charge in [0.15, 0.2) is 0 Å². The highest BCUT2D eigenvalue weighted by Gasteiger charge is 1.88. The summed E-state index contributed by atoms with van der Waals surface area (Å²) >= 11 is 11.1. The van der Waals surface area contributed by atoms with Crippen molar-refractivity contribution in [2.24, 2.45) is 0 Å². The van der Waals surface area contributed by atoms with E-state index in [-0.39, 0.29) is 0 Å². The first-order valence-electron chi connectivity index (χ1n) is 2.55. The summed E-state index contributed by atoms with van der Waals surface area (Å²) in [5.74, 6) is 0.497. The molecule has 0 amide bonds. The van der Waals surface area contributed by atoms with E-state index >= 15 is 0 Å². The largest absolute Gasteiger partial charge is 0.122 e. The first-order valence-corrected chi connectivity index (χ1v) is 3.46. The first kappa shape index (κ1) is 6.91. The minimum absolute atomic E-state index is 0.497. The molecule has 1 aromatic rings. The molecule has 0 nitrogen and oxygen atoms in total. The molecule has 1 radical (unpaired) electrons. The number of benzene rings is 1. The smallest absolute Gasteiger partial charge is 0.0480 e. The van der Waals surface area contributed by atoms with Gasteiger partial charge in [-0.15, -0.1) is 11.6 Å². The van der Waals surface area contributed by atoms with Crippen LogP contribution >= 0.6 is 23.2 Å². The topological polar surface area (TPSA) is 0 Å². The predicted octanol–water partition coefficient (Wildman–Crippen LogP) is 2.88. The molecule has 0 spiro atoms. The molecule has 0 saturated heterocycles. The maximum atomic E-state index is 5.59. The molecule has 0 heterocycles. The van der Waals surface area contributed by atoms with Gasteiger partial charge in [-0.25, -0.2) is 0 Å². The quantitative estimate of drug-likeness (QED) is 0.554. The van der Waals surface area contributed by atoms with E-state index in [0.29, 0.717) is 10.9 Å². The molecule has 9 heavy (non-hydrogen) atoms. The molecule has 0 aromatic heterocycles. The monoisotopic (exact) mass is 159 g/mol. The Bertz CT molecular complexity index is 179. The zero-order valence-electron chi connectivity index (χ0n) is 4.70. The maximum absolute atomic E-state index is 5.59. The first-order chi connectivity index (χ1) is 4.33. The Balaban J connectivity index is 2.88. The fraction of sp³-hybridized carbons (Fsp3) is 0.143. The molecule has 0 aliphatic heterocycles. The Morgan fingerprint density at radius 1 is 1.44 bits per heavy atom. The van der Waals surface area contributed by atoms with E-state index in [2.05, 4.69) is 6.07 Å². The molecular formula is C7H5Cl2. The third kappa shape index (κ3) is 1.88. The predicted molar refractivity (Wildman–Crippen MR) is 39.8 cm³/mol. The van der Waals surface area contributed by atoms with Crippen molar-refractivity contribution in [1.82, 2.24) is 0 Å². The van der Waals surface area contributed by atoms with Crippen LogP contribution in [-0.4, -0.2) is 0 Å². The molecule has 0 saturated carbocycles. The highest BCUT2D eigenvalue weighted by Crippen LogP contribution is 2.09. The lowest BCUT2D eigenvalue weighted by Crippen LogP contribution is -1.74. The number of rotatable bonds is 1. The summed E-state index contributed by atoms with van der Waals surface area (Å²) in [6.07, 6.45) is 0. The fourth-order valence-electron chi connectivity index (χ4n) is 0.521. The van der Waals surface area contributed by atoms with Crippen molar-refractivity contribution in [3.8, 4) is 0 Å². The number of alkyl halides is 1.